The Kier molecular flexibility index (Phi) is 2.83. The maximum atomic E-state index is 4.46. The molecule has 1 aliphatic rings. The van der Waals surface area contributed by atoms with Crippen LogP contribution in [-0.2, 0) is 0 Å². The Bertz CT molecular complexity index is 558. The van der Waals surface area contributed by atoms with Crippen molar-refractivity contribution in [1.82, 2.24) is 10.3 Å². The molecule has 0 bridgehead atoms. The third-order valence-corrected chi connectivity index (χ3v) is 4.11. The van der Waals surface area contributed by atoms with Crippen molar-refractivity contribution in [2.45, 2.75) is 32.7 Å². The Labute approximate surface area is 108 Å². The zero-order valence-corrected chi connectivity index (χ0v) is 11.1. The zero-order chi connectivity index (χ0) is 12.6. The number of fused-ring (bicyclic) bond motifs is 1. The van der Waals surface area contributed by atoms with Crippen LogP contribution in [0.3, 0.4) is 0 Å². The van der Waals surface area contributed by atoms with E-state index in [1.165, 1.54) is 23.8 Å². The van der Waals surface area contributed by atoms with Crippen molar-refractivity contribution in [3.63, 3.8) is 0 Å². The summed E-state index contributed by atoms with van der Waals surface area (Å²) in [6.45, 7) is 5.57. The van der Waals surface area contributed by atoms with E-state index in [1.807, 2.05) is 12.3 Å². The van der Waals surface area contributed by atoms with Gasteiger partial charge in [-0.15, -0.1) is 0 Å². The summed E-state index contributed by atoms with van der Waals surface area (Å²) in [4.78, 5) is 4.46. The van der Waals surface area contributed by atoms with Gasteiger partial charge in [0.25, 0.3) is 0 Å². The predicted octanol–water partition coefficient (Wildman–Crippen LogP) is 3.69. The van der Waals surface area contributed by atoms with Crippen LogP contribution in [0.2, 0.25) is 0 Å². The summed E-state index contributed by atoms with van der Waals surface area (Å²) in [6.07, 6.45) is 4.52. The molecule has 2 heteroatoms. The minimum atomic E-state index is 0.443. The summed E-state index contributed by atoms with van der Waals surface area (Å²) in [5.74, 6) is 0. The molecule has 3 rings (SSSR count). The minimum Gasteiger partial charge on any atom is -0.310 e. The molecule has 1 N–H and O–H groups in total. The van der Waals surface area contributed by atoms with E-state index >= 15 is 0 Å². The Morgan fingerprint density at radius 2 is 2.17 bits per heavy atom. The number of nitrogens with zero attached hydrogens (tertiary/aromatic N) is 1. The second kappa shape index (κ2) is 4.36. The lowest BCUT2D eigenvalue weighted by atomic mass is 9.91. The number of rotatable bonds is 4. The van der Waals surface area contributed by atoms with Crippen molar-refractivity contribution in [2.75, 3.05) is 6.54 Å². The molecule has 1 atom stereocenters. The van der Waals surface area contributed by atoms with Gasteiger partial charge in [-0.05, 0) is 42.5 Å². The molecule has 1 saturated carbocycles. The fourth-order valence-corrected chi connectivity index (χ4v) is 2.72. The fourth-order valence-electron chi connectivity index (χ4n) is 2.72. The quantitative estimate of drug-likeness (QED) is 0.881. The van der Waals surface area contributed by atoms with Gasteiger partial charge in [-0.3, -0.25) is 4.98 Å². The minimum absolute atomic E-state index is 0.443. The van der Waals surface area contributed by atoms with Crippen molar-refractivity contribution >= 4 is 10.9 Å². The maximum Gasteiger partial charge on any atom is 0.0705 e. The van der Waals surface area contributed by atoms with E-state index in [0.717, 1.165) is 12.1 Å². The van der Waals surface area contributed by atoms with E-state index in [4.69, 9.17) is 0 Å². The Hall–Kier alpha value is -1.41. The first kappa shape index (κ1) is 11.7. The van der Waals surface area contributed by atoms with Crippen LogP contribution in [0.15, 0.2) is 36.5 Å². The van der Waals surface area contributed by atoms with Gasteiger partial charge in [0, 0.05) is 17.6 Å². The molecular formula is C16H20N2. The highest BCUT2D eigenvalue weighted by Crippen LogP contribution is 2.54. The number of hydrogen-bond acceptors (Lipinski definition) is 2. The fraction of sp³-hybridized carbons (Fsp3) is 0.438. The summed E-state index contributed by atoms with van der Waals surface area (Å²) in [7, 11) is 0. The van der Waals surface area contributed by atoms with Crippen LogP contribution in [0.4, 0.5) is 0 Å². The van der Waals surface area contributed by atoms with Crippen molar-refractivity contribution in [3.8, 4) is 0 Å². The van der Waals surface area contributed by atoms with Crippen LogP contribution in [0, 0.1) is 5.41 Å². The number of hydrogen-bond donors (Lipinski definition) is 1. The molecule has 0 aliphatic heterocycles. The topological polar surface area (TPSA) is 24.9 Å². The zero-order valence-electron chi connectivity index (χ0n) is 11.1. The molecule has 1 fully saturated rings. The summed E-state index contributed by atoms with van der Waals surface area (Å²) in [5.41, 5.74) is 2.92. The largest absolute Gasteiger partial charge is 0.310 e. The lowest BCUT2D eigenvalue weighted by molar-refractivity contribution is 0.373. The molecule has 0 saturated heterocycles. The lowest BCUT2D eigenvalue weighted by Gasteiger charge is -2.25. The van der Waals surface area contributed by atoms with Gasteiger partial charge in [-0.25, -0.2) is 0 Å². The maximum absolute atomic E-state index is 4.46. The average Bonchev–Trinajstić information content (AvgIpc) is 3.14. The van der Waals surface area contributed by atoms with E-state index in [0.29, 0.717) is 11.5 Å². The standard InChI is InChI=1S/C16H20N2/c1-3-17-15(16(2)8-9-16)13-7-6-12-5-4-10-18-14(12)11-13/h4-7,10-11,15,17H,3,8-9H2,1-2H3. The molecule has 18 heavy (non-hydrogen) atoms. The molecule has 1 unspecified atom stereocenters. The smallest absolute Gasteiger partial charge is 0.0705 e. The van der Waals surface area contributed by atoms with E-state index in [9.17, 15) is 0 Å². The first-order valence-corrected chi connectivity index (χ1v) is 6.81. The summed E-state index contributed by atoms with van der Waals surface area (Å²) in [5, 5.41) is 4.86. The molecule has 2 aromatic rings. The SMILES string of the molecule is CCNC(c1ccc2cccnc2c1)C1(C)CC1. The van der Waals surface area contributed by atoms with E-state index < -0.39 is 0 Å². The van der Waals surface area contributed by atoms with Crippen LogP contribution in [0.25, 0.3) is 10.9 Å². The van der Waals surface area contributed by atoms with Crippen molar-refractivity contribution in [3.05, 3.63) is 42.1 Å². The van der Waals surface area contributed by atoms with Gasteiger partial charge in [-0.1, -0.05) is 32.0 Å². The molecule has 1 aliphatic carbocycles. The van der Waals surface area contributed by atoms with Gasteiger partial charge >= 0.3 is 0 Å². The second-order valence-electron chi connectivity index (χ2n) is 5.60. The number of aromatic nitrogens is 1. The second-order valence-corrected chi connectivity index (χ2v) is 5.60. The molecule has 0 amide bonds. The van der Waals surface area contributed by atoms with E-state index in [2.05, 4.69) is 48.4 Å². The molecule has 0 spiro atoms. The third kappa shape index (κ3) is 2.01. The highest BCUT2D eigenvalue weighted by atomic mass is 14.9. The van der Waals surface area contributed by atoms with Crippen LogP contribution in [0.5, 0.6) is 0 Å². The van der Waals surface area contributed by atoms with Crippen molar-refractivity contribution in [2.24, 2.45) is 5.41 Å². The van der Waals surface area contributed by atoms with Gasteiger partial charge in [0.05, 0.1) is 5.52 Å². The Morgan fingerprint density at radius 3 is 2.89 bits per heavy atom. The normalized spacial score (nSPS) is 18.8. The Morgan fingerprint density at radius 1 is 1.33 bits per heavy atom. The van der Waals surface area contributed by atoms with Crippen LogP contribution in [-0.4, -0.2) is 11.5 Å². The van der Waals surface area contributed by atoms with Gasteiger partial charge in [0.15, 0.2) is 0 Å². The van der Waals surface area contributed by atoms with E-state index in [1.54, 1.807) is 0 Å². The van der Waals surface area contributed by atoms with Gasteiger partial charge in [-0.2, -0.15) is 0 Å². The van der Waals surface area contributed by atoms with Gasteiger partial charge in [0.1, 0.15) is 0 Å². The molecule has 94 valence electrons. The molecule has 1 heterocycles. The molecule has 0 radical (unpaired) electrons. The van der Waals surface area contributed by atoms with Crippen LogP contribution in [0.1, 0.15) is 38.3 Å². The summed E-state index contributed by atoms with van der Waals surface area (Å²) >= 11 is 0. The van der Waals surface area contributed by atoms with Gasteiger partial charge < -0.3 is 5.32 Å². The highest BCUT2D eigenvalue weighted by Gasteiger charge is 2.45. The van der Waals surface area contributed by atoms with Crippen LogP contribution >= 0.6 is 0 Å². The van der Waals surface area contributed by atoms with E-state index in [-0.39, 0.29) is 0 Å². The molecular weight excluding hydrogens is 220 g/mol. The first-order chi connectivity index (χ1) is 8.73. The monoisotopic (exact) mass is 240 g/mol. The van der Waals surface area contributed by atoms with Crippen molar-refractivity contribution in [1.29, 1.82) is 0 Å². The average molecular weight is 240 g/mol. The molecule has 2 nitrogen and oxygen atoms in total. The molecule has 1 aromatic carbocycles. The number of pyridine rings is 1. The number of nitrogens with one attached hydrogen (secondary N) is 1. The van der Waals surface area contributed by atoms with Crippen LogP contribution < -0.4 is 5.32 Å². The summed E-state index contributed by atoms with van der Waals surface area (Å²) in [6, 6.07) is 11.3. The first-order valence-electron chi connectivity index (χ1n) is 6.81. The molecule has 1 aromatic heterocycles. The predicted molar refractivity (Wildman–Crippen MR) is 75.5 cm³/mol. The number of benzene rings is 1. The van der Waals surface area contributed by atoms with Gasteiger partial charge in [0.2, 0.25) is 0 Å². The van der Waals surface area contributed by atoms with Crippen molar-refractivity contribution < 1.29 is 0 Å². The summed E-state index contributed by atoms with van der Waals surface area (Å²) < 4.78 is 0. The lowest BCUT2D eigenvalue weighted by Crippen LogP contribution is -2.27. The highest BCUT2D eigenvalue weighted by molar-refractivity contribution is 5.79. The third-order valence-electron chi connectivity index (χ3n) is 4.11. The Balaban J connectivity index is 2.01.